The fourth-order valence-corrected chi connectivity index (χ4v) is 1.53. The van der Waals surface area contributed by atoms with Gasteiger partial charge in [-0.2, -0.15) is 0 Å². The molecule has 0 radical (unpaired) electrons. The molecule has 0 aliphatic heterocycles. The third-order valence-corrected chi connectivity index (χ3v) is 2.54. The average Bonchev–Trinajstić information content (AvgIpc) is 2.20. The molecule has 0 aliphatic carbocycles. The summed E-state index contributed by atoms with van der Waals surface area (Å²) in [5.41, 5.74) is 1.85. The van der Waals surface area contributed by atoms with Gasteiger partial charge in [0, 0.05) is 13.7 Å². The highest BCUT2D eigenvalue weighted by atomic mass is 19.1. The van der Waals surface area contributed by atoms with Crippen molar-refractivity contribution < 1.29 is 9.13 Å². The van der Waals surface area contributed by atoms with Crippen LogP contribution in [0.3, 0.4) is 0 Å². The van der Waals surface area contributed by atoms with Gasteiger partial charge in [0.2, 0.25) is 0 Å². The molecule has 0 N–H and O–H groups in total. The number of halogens is 1. The number of benzene rings is 1. The Morgan fingerprint density at radius 3 is 2.60 bits per heavy atom. The van der Waals surface area contributed by atoms with Crippen LogP contribution < -0.4 is 0 Å². The molecule has 1 nitrogen and oxygen atoms in total. The Labute approximate surface area is 91.3 Å². The van der Waals surface area contributed by atoms with Crippen molar-refractivity contribution in [3.8, 4) is 0 Å². The molecule has 1 rings (SSSR count). The lowest BCUT2D eigenvalue weighted by molar-refractivity contribution is 0.195. The molecule has 84 valence electrons. The highest BCUT2D eigenvalue weighted by Gasteiger charge is 2.05. The minimum absolute atomic E-state index is 0.0858. The Morgan fingerprint density at radius 1 is 1.33 bits per heavy atom. The second kappa shape index (κ2) is 5.86. The minimum Gasteiger partial charge on any atom is -0.385 e. The molecule has 0 saturated carbocycles. The second-order valence-electron chi connectivity index (χ2n) is 4.10. The highest BCUT2D eigenvalue weighted by molar-refractivity contribution is 5.26. The molecule has 0 aliphatic rings. The summed E-state index contributed by atoms with van der Waals surface area (Å²) in [7, 11) is 1.66. The largest absolute Gasteiger partial charge is 0.385 e. The van der Waals surface area contributed by atoms with Crippen molar-refractivity contribution in [2.75, 3.05) is 13.7 Å². The smallest absolute Gasteiger partial charge is 0.126 e. The standard InChI is InChI=1S/C13H19FO/c1-10(2)12-7-6-11(13(14)9-12)5-4-8-15-3/h6-7,9-10H,4-5,8H2,1-3H3. The molecule has 0 unspecified atom stereocenters. The number of hydrogen-bond donors (Lipinski definition) is 0. The normalized spacial score (nSPS) is 11.0. The Morgan fingerprint density at radius 2 is 2.07 bits per heavy atom. The number of rotatable bonds is 5. The van der Waals surface area contributed by atoms with E-state index in [-0.39, 0.29) is 5.82 Å². The van der Waals surface area contributed by atoms with Gasteiger partial charge < -0.3 is 4.74 Å². The Kier molecular flexibility index (Phi) is 4.76. The predicted octanol–water partition coefficient (Wildman–Crippen LogP) is 3.53. The van der Waals surface area contributed by atoms with E-state index in [1.54, 1.807) is 13.2 Å². The van der Waals surface area contributed by atoms with Crippen LogP contribution in [0.15, 0.2) is 18.2 Å². The van der Waals surface area contributed by atoms with Crippen LogP contribution in [-0.4, -0.2) is 13.7 Å². The molecular weight excluding hydrogens is 191 g/mol. The summed E-state index contributed by atoms with van der Waals surface area (Å²) in [6, 6.07) is 5.54. The Hall–Kier alpha value is -0.890. The molecule has 0 atom stereocenters. The summed E-state index contributed by atoms with van der Waals surface area (Å²) < 4.78 is 18.5. The number of hydrogen-bond acceptors (Lipinski definition) is 1. The molecular formula is C13H19FO. The maximum Gasteiger partial charge on any atom is 0.126 e. The van der Waals surface area contributed by atoms with Gasteiger partial charge in [0.25, 0.3) is 0 Å². The van der Waals surface area contributed by atoms with Gasteiger partial charge in [-0.25, -0.2) is 4.39 Å². The average molecular weight is 210 g/mol. The van der Waals surface area contributed by atoms with Gasteiger partial charge in [0.1, 0.15) is 5.82 Å². The van der Waals surface area contributed by atoms with E-state index in [0.717, 1.165) is 24.0 Å². The zero-order valence-corrected chi connectivity index (χ0v) is 9.72. The lowest BCUT2D eigenvalue weighted by Crippen LogP contribution is -1.97. The summed E-state index contributed by atoms with van der Waals surface area (Å²) in [5, 5.41) is 0. The van der Waals surface area contributed by atoms with Crippen molar-refractivity contribution in [3.63, 3.8) is 0 Å². The van der Waals surface area contributed by atoms with Gasteiger partial charge in [-0.3, -0.25) is 0 Å². The van der Waals surface area contributed by atoms with E-state index >= 15 is 0 Å². The number of methoxy groups -OCH3 is 1. The van der Waals surface area contributed by atoms with Crippen LogP contribution in [0.2, 0.25) is 0 Å². The van der Waals surface area contributed by atoms with Gasteiger partial charge in [-0.05, 0) is 36.0 Å². The summed E-state index contributed by atoms with van der Waals surface area (Å²) >= 11 is 0. The second-order valence-corrected chi connectivity index (χ2v) is 4.10. The van der Waals surface area contributed by atoms with Gasteiger partial charge >= 0.3 is 0 Å². The topological polar surface area (TPSA) is 9.23 Å². The van der Waals surface area contributed by atoms with E-state index in [2.05, 4.69) is 13.8 Å². The molecule has 0 heterocycles. The maximum absolute atomic E-state index is 13.6. The van der Waals surface area contributed by atoms with E-state index in [9.17, 15) is 4.39 Å². The quantitative estimate of drug-likeness (QED) is 0.675. The van der Waals surface area contributed by atoms with E-state index in [4.69, 9.17) is 4.74 Å². The molecule has 0 amide bonds. The molecule has 0 spiro atoms. The molecule has 0 bridgehead atoms. The Balaban J connectivity index is 2.66. The first kappa shape index (κ1) is 12.2. The van der Waals surface area contributed by atoms with Crippen molar-refractivity contribution in [2.24, 2.45) is 0 Å². The monoisotopic (exact) mass is 210 g/mol. The lowest BCUT2D eigenvalue weighted by atomic mass is 10.00. The van der Waals surface area contributed by atoms with Crippen molar-refractivity contribution in [1.29, 1.82) is 0 Å². The van der Waals surface area contributed by atoms with E-state index < -0.39 is 0 Å². The van der Waals surface area contributed by atoms with Gasteiger partial charge in [0.15, 0.2) is 0 Å². The molecule has 1 aromatic carbocycles. The fourth-order valence-electron chi connectivity index (χ4n) is 1.53. The lowest BCUT2D eigenvalue weighted by Gasteiger charge is -2.08. The first-order chi connectivity index (χ1) is 7.15. The van der Waals surface area contributed by atoms with Gasteiger partial charge in [0.05, 0.1) is 0 Å². The molecule has 0 fully saturated rings. The first-order valence-corrected chi connectivity index (χ1v) is 5.42. The molecule has 15 heavy (non-hydrogen) atoms. The fraction of sp³-hybridized carbons (Fsp3) is 0.538. The highest BCUT2D eigenvalue weighted by Crippen LogP contribution is 2.18. The van der Waals surface area contributed by atoms with Crippen molar-refractivity contribution >= 4 is 0 Å². The zero-order chi connectivity index (χ0) is 11.3. The maximum atomic E-state index is 13.6. The Bertz CT molecular complexity index is 307. The third kappa shape index (κ3) is 3.63. The summed E-state index contributed by atoms with van der Waals surface area (Å²) in [4.78, 5) is 0. The van der Waals surface area contributed by atoms with Gasteiger partial charge in [-0.1, -0.05) is 26.0 Å². The number of ether oxygens (including phenoxy) is 1. The van der Waals surface area contributed by atoms with E-state index in [0.29, 0.717) is 12.5 Å². The number of aryl methyl sites for hydroxylation is 1. The van der Waals surface area contributed by atoms with Crippen molar-refractivity contribution in [2.45, 2.75) is 32.6 Å². The molecule has 2 heteroatoms. The summed E-state index contributed by atoms with van der Waals surface area (Å²) in [6.45, 7) is 4.82. The third-order valence-electron chi connectivity index (χ3n) is 2.54. The van der Waals surface area contributed by atoms with Crippen molar-refractivity contribution in [1.82, 2.24) is 0 Å². The van der Waals surface area contributed by atoms with E-state index in [1.165, 1.54) is 0 Å². The predicted molar refractivity (Wildman–Crippen MR) is 60.7 cm³/mol. The molecule has 0 saturated heterocycles. The SMILES string of the molecule is COCCCc1ccc(C(C)C)cc1F. The summed E-state index contributed by atoms with van der Waals surface area (Å²) in [6.07, 6.45) is 1.62. The first-order valence-electron chi connectivity index (χ1n) is 5.42. The summed E-state index contributed by atoms with van der Waals surface area (Å²) in [5.74, 6) is 0.296. The minimum atomic E-state index is -0.0858. The molecule has 1 aromatic rings. The van der Waals surface area contributed by atoms with Crippen LogP contribution in [-0.2, 0) is 11.2 Å². The van der Waals surface area contributed by atoms with Crippen LogP contribution in [0, 0.1) is 5.82 Å². The van der Waals surface area contributed by atoms with Crippen LogP contribution in [0.5, 0.6) is 0 Å². The van der Waals surface area contributed by atoms with Gasteiger partial charge in [-0.15, -0.1) is 0 Å². The van der Waals surface area contributed by atoms with Crippen LogP contribution in [0.1, 0.15) is 37.3 Å². The molecule has 0 aromatic heterocycles. The van der Waals surface area contributed by atoms with E-state index in [1.807, 2.05) is 12.1 Å². The van der Waals surface area contributed by atoms with Crippen molar-refractivity contribution in [3.05, 3.63) is 35.1 Å². The van der Waals surface area contributed by atoms with Crippen LogP contribution in [0.4, 0.5) is 4.39 Å². The van der Waals surface area contributed by atoms with Crippen LogP contribution >= 0.6 is 0 Å². The van der Waals surface area contributed by atoms with Crippen LogP contribution in [0.25, 0.3) is 0 Å². The zero-order valence-electron chi connectivity index (χ0n) is 9.72.